The summed E-state index contributed by atoms with van der Waals surface area (Å²) in [6, 6.07) is 0. The van der Waals surface area contributed by atoms with E-state index in [0.717, 1.165) is 38.5 Å². The third kappa shape index (κ3) is 15.9. The lowest BCUT2D eigenvalue weighted by Crippen LogP contribution is -2.10. The first kappa shape index (κ1) is 23.7. The number of hydrogen-bond acceptors (Lipinski definition) is 4. The molecular formula is C21H38O4. The molecule has 4 heteroatoms. The summed E-state index contributed by atoms with van der Waals surface area (Å²) in [6.45, 7) is 11.2. The molecule has 0 unspecified atom stereocenters. The Labute approximate surface area is 154 Å². The number of carbonyl (C=O) groups is 2. The summed E-state index contributed by atoms with van der Waals surface area (Å²) in [7, 11) is 0. The van der Waals surface area contributed by atoms with E-state index in [0.29, 0.717) is 30.6 Å². The molecule has 0 fully saturated rings. The Hall–Kier alpha value is -1.32. The van der Waals surface area contributed by atoms with Crippen LogP contribution in [0.1, 0.15) is 86.0 Å². The first-order valence-electron chi connectivity index (χ1n) is 9.85. The van der Waals surface area contributed by atoms with Gasteiger partial charge in [0, 0.05) is 11.6 Å². The van der Waals surface area contributed by atoms with Crippen molar-refractivity contribution < 1.29 is 19.1 Å². The molecular weight excluding hydrogens is 316 g/mol. The topological polar surface area (TPSA) is 52.6 Å². The molecule has 0 aliphatic heterocycles. The number of esters is 2. The van der Waals surface area contributed by atoms with Crippen molar-refractivity contribution in [1.82, 2.24) is 0 Å². The number of carbonyl (C=O) groups excluding carboxylic acids is 2. The van der Waals surface area contributed by atoms with Gasteiger partial charge in [0.05, 0.1) is 13.2 Å². The second-order valence-corrected chi connectivity index (χ2v) is 7.62. The Morgan fingerprint density at radius 1 is 0.760 bits per heavy atom. The van der Waals surface area contributed by atoms with Crippen LogP contribution in [0, 0.1) is 11.8 Å². The number of hydrogen-bond donors (Lipinski definition) is 0. The molecule has 25 heavy (non-hydrogen) atoms. The summed E-state index contributed by atoms with van der Waals surface area (Å²) < 4.78 is 10.3. The van der Waals surface area contributed by atoms with E-state index in [-0.39, 0.29) is 0 Å². The Morgan fingerprint density at radius 3 is 1.72 bits per heavy atom. The summed E-state index contributed by atoms with van der Waals surface area (Å²) in [5.74, 6) is 0.538. The molecule has 0 saturated carbocycles. The van der Waals surface area contributed by atoms with Crippen molar-refractivity contribution in [2.24, 2.45) is 11.8 Å². The molecule has 0 aliphatic carbocycles. The van der Waals surface area contributed by atoms with Crippen LogP contribution in [0.2, 0.25) is 0 Å². The van der Waals surface area contributed by atoms with Crippen molar-refractivity contribution in [3.63, 3.8) is 0 Å². The largest absolute Gasteiger partial charge is 0.463 e. The van der Waals surface area contributed by atoms with Crippen LogP contribution in [0.15, 0.2) is 11.6 Å². The van der Waals surface area contributed by atoms with E-state index in [4.69, 9.17) is 9.47 Å². The predicted molar refractivity (Wildman–Crippen MR) is 102 cm³/mol. The lowest BCUT2D eigenvalue weighted by atomic mass is 10.1. The van der Waals surface area contributed by atoms with Crippen molar-refractivity contribution in [2.75, 3.05) is 13.2 Å². The van der Waals surface area contributed by atoms with Crippen LogP contribution >= 0.6 is 0 Å². The lowest BCUT2D eigenvalue weighted by molar-refractivity contribution is -0.141. The first-order valence-corrected chi connectivity index (χ1v) is 9.85. The van der Waals surface area contributed by atoms with Gasteiger partial charge in [-0.3, -0.25) is 0 Å². The molecule has 0 amide bonds. The Kier molecular flexibility index (Phi) is 14.2. The Balaban J connectivity index is 3.77. The molecule has 0 aliphatic rings. The van der Waals surface area contributed by atoms with Gasteiger partial charge in [-0.25, -0.2) is 9.59 Å². The van der Waals surface area contributed by atoms with Crippen LogP contribution in [0.5, 0.6) is 0 Å². The van der Waals surface area contributed by atoms with Crippen molar-refractivity contribution in [3.8, 4) is 0 Å². The van der Waals surface area contributed by atoms with Gasteiger partial charge in [0.25, 0.3) is 0 Å². The fourth-order valence-electron chi connectivity index (χ4n) is 2.39. The molecule has 0 aromatic heterocycles. The average molecular weight is 355 g/mol. The minimum absolute atomic E-state index is 0.298. The molecule has 0 aromatic carbocycles. The summed E-state index contributed by atoms with van der Waals surface area (Å²) in [6.07, 6.45) is 9.82. The van der Waals surface area contributed by atoms with E-state index in [1.165, 1.54) is 18.9 Å². The van der Waals surface area contributed by atoms with Gasteiger partial charge in [0.15, 0.2) is 0 Å². The third-order valence-corrected chi connectivity index (χ3v) is 3.99. The van der Waals surface area contributed by atoms with E-state index in [9.17, 15) is 9.59 Å². The lowest BCUT2D eigenvalue weighted by Gasteiger charge is -2.07. The Morgan fingerprint density at radius 2 is 1.24 bits per heavy atom. The van der Waals surface area contributed by atoms with Crippen LogP contribution in [0.4, 0.5) is 0 Å². The third-order valence-electron chi connectivity index (χ3n) is 3.99. The SMILES string of the molecule is C/C(=C/C(=O)OCCCCCC(C)C)C(=O)OCCCCCC(C)C. The maximum absolute atomic E-state index is 11.8. The summed E-state index contributed by atoms with van der Waals surface area (Å²) in [5, 5.41) is 0. The van der Waals surface area contributed by atoms with Crippen LogP contribution in [0.3, 0.4) is 0 Å². The summed E-state index contributed by atoms with van der Waals surface area (Å²) in [5.41, 5.74) is 0.298. The average Bonchev–Trinajstić information content (AvgIpc) is 2.53. The summed E-state index contributed by atoms with van der Waals surface area (Å²) >= 11 is 0. The maximum Gasteiger partial charge on any atom is 0.333 e. The van der Waals surface area contributed by atoms with Crippen LogP contribution in [0.25, 0.3) is 0 Å². The highest BCUT2D eigenvalue weighted by molar-refractivity contribution is 5.95. The molecule has 0 saturated heterocycles. The van der Waals surface area contributed by atoms with Crippen molar-refractivity contribution >= 4 is 11.9 Å². The van der Waals surface area contributed by atoms with Gasteiger partial charge in [0.1, 0.15) is 0 Å². The van der Waals surface area contributed by atoms with Crippen molar-refractivity contribution in [2.45, 2.75) is 86.0 Å². The molecule has 0 spiro atoms. The highest BCUT2D eigenvalue weighted by Gasteiger charge is 2.09. The summed E-state index contributed by atoms with van der Waals surface area (Å²) in [4.78, 5) is 23.5. The molecule has 0 aromatic rings. The zero-order valence-electron chi connectivity index (χ0n) is 16.9. The zero-order valence-corrected chi connectivity index (χ0v) is 16.9. The van der Waals surface area contributed by atoms with Crippen molar-refractivity contribution in [3.05, 3.63) is 11.6 Å². The normalized spacial score (nSPS) is 11.9. The fourth-order valence-corrected chi connectivity index (χ4v) is 2.39. The van der Waals surface area contributed by atoms with Crippen LogP contribution in [-0.4, -0.2) is 25.2 Å². The van der Waals surface area contributed by atoms with Gasteiger partial charge in [-0.05, 0) is 31.6 Å². The molecule has 0 radical (unpaired) electrons. The molecule has 146 valence electrons. The minimum Gasteiger partial charge on any atom is -0.463 e. The standard InChI is InChI=1S/C21H38O4/c1-17(2)12-8-6-10-14-24-20(22)16-19(5)21(23)25-15-11-7-9-13-18(3)4/h16-18H,6-15H2,1-5H3/b19-16-. The highest BCUT2D eigenvalue weighted by atomic mass is 16.5. The van der Waals surface area contributed by atoms with Gasteiger partial charge < -0.3 is 9.47 Å². The van der Waals surface area contributed by atoms with E-state index < -0.39 is 11.9 Å². The van der Waals surface area contributed by atoms with Crippen LogP contribution in [-0.2, 0) is 19.1 Å². The fraction of sp³-hybridized carbons (Fsp3) is 0.810. The van der Waals surface area contributed by atoms with E-state index in [2.05, 4.69) is 27.7 Å². The van der Waals surface area contributed by atoms with E-state index in [1.54, 1.807) is 6.92 Å². The molecule has 0 atom stereocenters. The highest BCUT2D eigenvalue weighted by Crippen LogP contribution is 2.09. The zero-order chi connectivity index (χ0) is 19.1. The second kappa shape index (κ2) is 15.0. The molecule has 0 rings (SSSR count). The second-order valence-electron chi connectivity index (χ2n) is 7.62. The smallest absolute Gasteiger partial charge is 0.333 e. The number of ether oxygens (including phenoxy) is 2. The van der Waals surface area contributed by atoms with Gasteiger partial charge in [0.2, 0.25) is 0 Å². The monoisotopic (exact) mass is 354 g/mol. The van der Waals surface area contributed by atoms with Gasteiger partial charge in [-0.2, -0.15) is 0 Å². The van der Waals surface area contributed by atoms with E-state index in [1.807, 2.05) is 0 Å². The molecule has 0 N–H and O–H groups in total. The Bertz CT molecular complexity index is 397. The first-order chi connectivity index (χ1) is 11.8. The number of unbranched alkanes of at least 4 members (excludes halogenated alkanes) is 4. The molecule has 0 heterocycles. The van der Waals surface area contributed by atoms with Crippen LogP contribution < -0.4 is 0 Å². The maximum atomic E-state index is 11.8. The molecule has 0 bridgehead atoms. The van der Waals surface area contributed by atoms with E-state index >= 15 is 0 Å². The number of rotatable bonds is 14. The minimum atomic E-state index is -0.463. The van der Waals surface area contributed by atoms with Gasteiger partial charge >= 0.3 is 11.9 Å². The predicted octanol–water partition coefficient (Wildman–Crippen LogP) is 5.45. The van der Waals surface area contributed by atoms with Crippen molar-refractivity contribution in [1.29, 1.82) is 0 Å². The molecule has 4 nitrogen and oxygen atoms in total. The van der Waals surface area contributed by atoms with Gasteiger partial charge in [-0.15, -0.1) is 0 Å². The quantitative estimate of drug-likeness (QED) is 0.236. The van der Waals surface area contributed by atoms with Gasteiger partial charge in [-0.1, -0.05) is 66.2 Å².